The molecule has 0 aromatic heterocycles. The standard InChI is InChI=1S/C18H24N2O3S/c21-17(19-16-9-11-24(22,23)13-16)20-12-15-8-4-5-10-18(15,20)14-6-2-1-3-7-14/h1-3,6-7,15-16H,4-5,8-13H2,(H,19,21)/t15-,16+,18-/m0/s1. The van der Waals surface area contributed by atoms with Crippen molar-refractivity contribution in [2.75, 3.05) is 18.1 Å². The molecule has 130 valence electrons. The van der Waals surface area contributed by atoms with Crippen LogP contribution in [-0.2, 0) is 15.4 Å². The molecule has 0 unspecified atom stereocenters. The number of rotatable bonds is 2. The van der Waals surface area contributed by atoms with Crippen LogP contribution in [0.3, 0.4) is 0 Å². The fourth-order valence-electron chi connectivity index (χ4n) is 4.78. The molecule has 2 amide bonds. The number of sulfone groups is 1. The molecule has 1 saturated carbocycles. The molecule has 4 rings (SSSR count). The van der Waals surface area contributed by atoms with Crippen molar-refractivity contribution in [3.05, 3.63) is 35.9 Å². The second kappa shape index (κ2) is 5.76. The summed E-state index contributed by atoms with van der Waals surface area (Å²) in [6.45, 7) is 0.778. The van der Waals surface area contributed by atoms with Crippen LogP contribution >= 0.6 is 0 Å². The lowest BCUT2D eigenvalue weighted by molar-refractivity contribution is -0.0797. The van der Waals surface area contributed by atoms with Gasteiger partial charge in [-0.3, -0.25) is 0 Å². The Labute approximate surface area is 143 Å². The van der Waals surface area contributed by atoms with Gasteiger partial charge in [0.25, 0.3) is 0 Å². The normalized spacial score (nSPS) is 34.2. The lowest BCUT2D eigenvalue weighted by Crippen LogP contribution is -2.69. The maximum atomic E-state index is 12.8. The number of carbonyl (C=O) groups is 1. The highest BCUT2D eigenvalue weighted by molar-refractivity contribution is 7.91. The SMILES string of the molecule is O=C(N[C@@H]1CCS(=O)(=O)C1)N1C[C@@H]2CCCC[C@]21c1ccccc1. The van der Waals surface area contributed by atoms with Crippen LogP contribution in [0, 0.1) is 5.92 Å². The van der Waals surface area contributed by atoms with E-state index in [0.29, 0.717) is 12.3 Å². The Hall–Kier alpha value is -1.56. The minimum Gasteiger partial charge on any atom is -0.334 e. The van der Waals surface area contributed by atoms with Gasteiger partial charge in [0.05, 0.1) is 17.0 Å². The van der Waals surface area contributed by atoms with Crippen molar-refractivity contribution in [1.29, 1.82) is 0 Å². The molecule has 2 saturated heterocycles. The van der Waals surface area contributed by atoms with Gasteiger partial charge in [0.2, 0.25) is 0 Å². The average molecular weight is 348 g/mol. The molecule has 1 aromatic carbocycles. The van der Waals surface area contributed by atoms with Gasteiger partial charge in [0.1, 0.15) is 0 Å². The smallest absolute Gasteiger partial charge is 0.318 e. The summed E-state index contributed by atoms with van der Waals surface area (Å²) in [5.74, 6) is 0.783. The topological polar surface area (TPSA) is 66.5 Å². The van der Waals surface area contributed by atoms with Crippen LogP contribution in [0.25, 0.3) is 0 Å². The maximum Gasteiger partial charge on any atom is 0.318 e. The summed E-state index contributed by atoms with van der Waals surface area (Å²) in [5.41, 5.74) is 1.02. The maximum absolute atomic E-state index is 12.8. The Morgan fingerprint density at radius 2 is 1.96 bits per heavy atom. The quantitative estimate of drug-likeness (QED) is 0.892. The van der Waals surface area contributed by atoms with E-state index in [9.17, 15) is 13.2 Å². The summed E-state index contributed by atoms with van der Waals surface area (Å²) in [7, 11) is -2.98. The predicted molar refractivity (Wildman–Crippen MR) is 92.4 cm³/mol. The number of benzene rings is 1. The molecule has 1 aromatic rings. The summed E-state index contributed by atoms with van der Waals surface area (Å²) in [6, 6.07) is 9.98. The molecule has 2 aliphatic heterocycles. The van der Waals surface area contributed by atoms with Gasteiger partial charge in [-0.2, -0.15) is 0 Å². The molecule has 3 atom stereocenters. The number of urea groups is 1. The van der Waals surface area contributed by atoms with E-state index in [-0.39, 0.29) is 29.1 Å². The molecule has 0 bridgehead atoms. The Morgan fingerprint density at radius 3 is 2.62 bits per heavy atom. The number of carbonyl (C=O) groups excluding carboxylic acids is 1. The minimum absolute atomic E-state index is 0.0777. The molecule has 24 heavy (non-hydrogen) atoms. The first kappa shape index (κ1) is 15.9. The molecule has 3 fully saturated rings. The van der Waals surface area contributed by atoms with Gasteiger partial charge < -0.3 is 10.2 Å². The van der Waals surface area contributed by atoms with E-state index in [0.717, 1.165) is 25.8 Å². The molecular weight excluding hydrogens is 324 g/mol. The summed E-state index contributed by atoms with van der Waals surface area (Å²) in [5, 5.41) is 2.97. The second-order valence-electron chi connectivity index (χ2n) is 7.39. The minimum atomic E-state index is -2.98. The van der Waals surface area contributed by atoms with Crippen molar-refractivity contribution in [3.8, 4) is 0 Å². The lowest BCUT2D eigenvalue weighted by Gasteiger charge is -2.61. The van der Waals surface area contributed by atoms with Gasteiger partial charge >= 0.3 is 6.03 Å². The molecule has 2 heterocycles. The first-order valence-corrected chi connectivity index (χ1v) is 10.7. The van der Waals surface area contributed by atoms with Crippen molar-refractivity contribution in [2.45, 2.75) is 43.7 Å². The Balaban J connectivity index is 1.55. The first-order valence-electron chi connectivity index (χ1n) is 8.85. The highest BCUT2D eigenvalue weighted by atomic mass is 32.2. The van der Waals surface area contributed by atoms with E-state index in [1.165, 1.54) is 12.0 Å². The Morgan fingerprint density at radius 1 is 1.17 bits per heavy atom. The number of likely N-dealkylation sites (tertiary alicyclic amines) is 1. The summed E-state index contributed by atoms with van der Waals surface area (Å²) < 4.78 is 23.2. The van der Waals surface area contributed by atoms with Crippen LogP contribution in [0.1, 0.15) is 37.7 Å². The zero-order valence-electron chi connectivity index (χ0n) is 13.8. The van der Waals surface area contributed by atoms with Gasteiger partial charge in [-0.15, -0.1) is 0 Å². The van der Waals surface area contributed by atoms with E-state index in [1.54, 1.807) is 0 Å². The fourth-order valence-corrected chi connectivity index (χ4v) is 6.46. The highest BCUT2D eigenvalue weighted by Gasteiger charge is 2.57. The van der Waals surface area contributed by atoms with Gasteiger partial charge in [0.15, 0.2) is 9.84 Å². The fraction of sp³-hybridized carbons (Fsp3) is 0.611. The Kier molecular flexibility index (Phi) is 3.82. The van der Waals surface area contributed by atoms with E-state index in [1.807, 2.05) is 23.1 Å². The Bertz CT molecular complexity index is 734. The van der Waals surface area contributed by atoms with Crippen LogP contribution in [-0.4, -0.2) is 43.4 Å². The third-order valence-electron chi connectivity index (χ3n) is 6.00. The van der Waals surface area contributed by atoms with Crippen molar-refractivity contribution >= 4 is 15.9 Å². The molecule has 1 aliphatic carbocycles. The number of hydrogen-bond donors (Lipinski definition) is 1. The molecular formula is C18H24N2O3S. The summed E-state index contributed by atoms with van der Waals surface area (Å²) >= 11 is 0. The monoisotopic (exact) mass is 348 g/mol. The predicted octanol–water partition coefficient (Wildman–Crippen LogP) is 2.28. The van der Waals surface area contributed by atoms with Gasteiger partial charge in [-0.05, 0) is 24.8 Å². The van der Waals surface area contributed by atoms with E-state index >= 15 is 0 Å². The zero-order chi connectivity index (χ0) is 16.8. The highest BCUT2D eigenvalue weighted by Crippen LogP contribution is 2.53. The van der Waals surface area contributed by atoms with Gasteiger partial charge in [-0.1, -0.05) is 43.2 Å². The third kappa shape index (κ3) is 2.51. The number of hydrogen-bond acceptors (Lipinski definition) is 3. The number of nitrogens with one attached hydrogen (secondary N) is 1. The van der Waals surface area contributed by atoms with Crippen LogP contribution < -0.4 is 5.32 Å². The van der Waals surface area contributed by atoms with Gasteiger partial charge in [0, 0.05) is 18.5 Å². The van der Waals surface area contributed by atoms with Crippen LogP contribution in [0.15, 0.2) is 30.3 Å². The molecule has 5 nitrogen and oxygen atoms in total. The van der Waals surface area contributed by atoms with Crippen LogP contribution in [0.5, 0.6) is 0 Å². The van der Waals surface area contributed by atoms with Crippen LogP contribution in [0.2, 0.25) is 0 Å². The number of amides is 2. The van der Waals surface area contributed by atoms with E-state index in [4.69, 9.17) is 0 Å². The summed E-state index contributed by atoms with van der Waals surface area (Å²) in [4.78, 5) is 14.8. The third-order valence-corrected chi connectivity index (χ3v) is 7.77. The first-order chi connectivity index (χ1) is 11.5. The number of fused-ring (bicyclic) bond motifs is 1. The van der Waals surface area contributed by atoms with Crippen molar-refractivity contribution in [3.63, 3.8) is 0 Å². The average Bonchev–Trinajstić information content (AvgIpc) is 2.88. The van der Waals surface area contributed by atoms with E-state index in [2.05, 4.69) is 17.4 Å². The molecule has 0 spiro atoms. The second-order valence-corrected chi connectivity index (χ2v) is 9.62. The van der Waals surface area contributed by atoms with Crippen molar-refractivity contribution in [1.82, 2.24) is 10.2 Å². The van der Waals surface area contributed by atoms with E-state index < -0.39 is 9.84 Å². The largest absolute Gasteiger partial charge is 0.334 e. The van der Waals surface area contributed by atoms with Crippen molar-refractivity contribution < 1.29 is 13.2 Å². The van der Waals surface area contributed by atoms with Crippen molar-refractivity contribution in [2.24, 2.45) is 5.92 Å². The molecule has 0 radical (unpaired) electrons. The lowest BCUT2D eigenvalue weighted by atomic mass is 9.62. The van der Waals surface area contributed by atoms with Crippen LogP contribution in [0.4, 0.5) is 4.79 Å². The molecule has 6 heteroatoms. The number of nitrogens with zero attached hydrogens (tertiary/aromatic N) is 1. The zero-order valence-corrected chi connectivity index (χ0v) is 14.6. The summed E-state index contributed by atoms with van der Waals surface area (Å²) in [6.07, 6.45) is 5.06. The molecule has 3 aliphatic rings. The molecule has 1 N–H and O–H groups in total. The van der Waals surface area contributed by atoms with Gasteiger partial charge in [-0.25, -0.2) is 13.2 Å².